The lowest BCUT2D eigenvalue weighted by Gasteiger charge is -2.35. The quantitative estimate of drug-likeness (QED) is 0.679. The number of aryl methyl sites for hydroxylation is 2. The van der Waals surface area contributed by atoms with Gasteiger partial charge in [0.1, 0.15) is 5.82 Å². The van der Waals surface area contributed by atoms with Gasteiger partial charge in [-0.15, -0.1) is 11.3 Å². The minimum atomic E-state index is -0.323. The van der Waals surface area contributed by atoms with Gasteiger partial charge in [-0.05, 0) is 37.6 Å². The van der Waals surface area contributed by atoms with Gasteiger partial charge in [0, 0.05) is 54.3 Å². The van der Waals surface area contributed by atoms with Crippen molar-refractivity contribution in [3.63, 3.8) is 0 Å². The number of benzene rings is 1. The monoisotopic (exact) mass is 416 g/mol. The van der Waals surface area contributed by atoms with Gasteiger partial charge in [-0.2, -0.15) is 0 Å². The molecule has 0 unspecified atom stereocenters. The van der Waals surface area contributed by atoms with Gasteiger partial charge < -0.3 is 9.80 Å². The van der Waals surface area contributed by atoms with Crippen LogP contribution in [0.3, 0.4) is 0 Å². The van der Waals surface area contributed by atoms with Gasteiger partial charge in [0.15, 0.2) is 5.78 Å². The fourth-order valence-electron chi connectivity index (χ4n) is 3.51. The summed E-state index contributed by atoms with van der Waals surface area (Å²) in [5, 5.41) is 0. The lowest BCUT2D eigenvalue weighted by atomic mass is 10.1. The van der Waals surface area contributed by atoms with Crippen LogP contribution in [0.1, 0.15) is 38.5 Å². The van der Waals surface area contributed by atoms with Crippen molar-refractivity contribution in [2.45, 2.75) is 33.1 Å². The Morgan fingerprint density at radius 1 is 0.931 bits per heavy atom. The third kappa shape index (κ3) is 5.50. The minimum Gasteiger partial charge on any atom is -0.339 e. The molecule has 0 saturated carbocycles. The van der Waals surface area contributed by atoms with Crippen molar-refractivity contribution in [2.75, 3.05) is 26.2 Å². The molecule has 0 bridgehead atoms. The number of nitrogens with zero attached hydrogens (tertiary/aromatic N) is 2. The molecule has 29 heavy (non-hydrogen) atoms. The van der Waals surface area contributed by atoms with Crippen LogP contribution in [0.15, 0.2) is 30.3 Å². The molecule has 1 saturated heterocycles. The molecule has 1 aromatic heterocycles. The Hall–Kier alpha value is -2.54. The molecule has 1 aromatic carbocycles. The van der Waals surface area contributed by atoms with Gasteiger partial charge >= 0.3 is 0 Å². The van der Waals surface area contributed by atoms with Crippen LogP contribution in [-0.4, -0.2) is 53.6 Å². The number of Topliss-reactive ketones (excluding diaryl/α,β-unsaturated/α-hetero) is 1. The van der Waals surface area contributed by atoms with E-state index in [1.165, 1.54) is 12.1 Å². The fraction of sp³-hybridized carbons (Fsp3) is 0.409. The lowest BCUT2D eigenvalue weighted by molar-refractivity contribution is -0.139. The van der Waals surface area contributed by atoms with E-state index in [-0.39, 0.29) is 42.7 Å². The molecule has 154 valence electrons. The molecule has 1 fully saturated rings. The van der Waals surface area contributed by atoms with Gasteiger partial charge in [0.25, 0.3) is 0 Å². The zero-order chi connectivity index (χ0) is 21.0. The summed E-state index contributed by atoms with van der Waals surface area (Å²) in [5.41, 5.74) is 1.49. The Bertz CT molecular complexity index is 899. The predicted molar refractivity (Wildman–Crippen MR) is 111 cm³/mol. The second-order valence-electron chi connectivity index (χ2n) is 7.31. The van der Waals surface area contributed by atoms with Gasteiger partial charge in [0.05, 0.1) is 6.42 Å². The third-order valence-corrected chi connectivity index (χ3v) is 6.13. The highest BCUT2D eigenvalue weighted by Gasteiger charge is 2.24. The summed E-state index contributed by atoms with van der Waals surface area (Å²) in [7, 11) is 0. The summed E-state index contributed by atoms with van der Waals surface area (Å²) in [6.07, 6.45) is 0.623. The number of hydrogen-bond donors (Lipinski definition) is 0. The molecule has 0 spiro atoms. The highest BCUT2D eigenvalue weighted by Crippen LogP contribution is 2.22. The third-order valence-electron chi connectivity index (χ3n) is 5.16. The van der Waals surface area contributed by atoms with E-state index in [0.29, 0.717) is 26.2 Å². The Kier molecular flexibility index (Phi) is 6.79. The molecule has 0 aliphatic carbocycles. The summed E-state index contributed by atoms with van der Waals surface area (Å²) >= 11 is 1.59. The molecule has 5 nitrogen and oxygen atoms in total. The maximum Gasteiger partial charge on any atom is 0.227 e. The van der Waals surface area contributed by atoms with Crippen molar-refractivity contribution in [1.82, 2.24) is 9.80 Å². The molecule has 2 heterocycles. The zero-order valence-corrected chi connectivity index (χ0v) is 17.6. The first kappa shape index (κ1) is 21.2. The second-order valence-corrected chi connectivity index (χ2v) is 8.78. The SMILES string of the molecule is Cc1cc(C(=O)CCC(=O)N2CCN(C(=O)Cc3ccc(F)cc3)CC2)c(C)s1. The van der Waals surface area contributed by atoms with Gasteiger partial charge in [-0.25, -0.2) is 4.39 Å². The Morgan fingerprint density at radius 3 is 2.07 bits per heavy atom. The summed E-state index contributed by atoms with van der Waals surface area (Å²) in [6, 6.07) is 7.80. The largest absolute Gasteiger partial charge is 0.339 e. The number of carbonyl (C=O) groups excluding carboxylic acids is 3. The topological polar surface area (TPSA) is 57.7 Å². The number of thiophene rings is 1. The number of amides is 2. The Labute approximate surface area is 174 Å². The highest BCUT2D eigenvalue weighted by atomic mass is 32.1. The van der Waals surface area contributed by atoms with E-state index < -0.39 is 0 Å². The standard InChI is InChI=1S/C22H25FN2O3S/c1-15-13-19(16(2)29-15)20(26)7-8-21(27)24-9-11-25(12-10-24)22(28)14-17-3-5-18(23)6-4-17/h3-6,13H,7-12,14H2,1-2H3. The molecule has 1 aliphatic rings. The molecule has 3 rings (SSSR count). The van der Waals surface area contributed by atoms with Gasteiger partial charge in [-0.3, -0.25) is 14.4 Å². The van der Waals surface area contributed by atoms with E-state index in [4.69, 9.17) is 0 Å². The van der Waals surface area contributed by atoms with E-state index in [0.717, 1.165) is 20.9 Å². The van der Waals surface area contributed by atoms with E-state index >= 15 is 0 Å². The molecular formula is C22H25FN2O3S. The number of ketones is 1. The Morgan fingerprint density at radius 2 is 1.52 bits per heavy atom. The number of carbonyl (C=O) groups is 3. The maximum atomic E-state index is 13.0. The Balaban J connectivity index is 1.44. The normalized spacial score (nSPS) is 14.2. The first-order valence-electron chi connectivity index (χ1n) is 9.73. The van der Waals surface area contributed by atoms with Gasteiger partial charge in [0.2, 0.25) is 11.8 Å². The van der Waals surface area contributed by atoms with Gasteiger partial charge in [-0.1, -0.05) is 12.1 Å². The van der Waals surface area contributed by atoms with Crippen LogP contribution in [-0.2, 0) is 16.0 Å². The first-order valence-corrected chi connectivity index (χ1v) is 10.6. The molecular weight excluding hydrogens is 391 g/mol. The molecule has 0 radical (unpaired) electrons. The summed E-state index contributed by atoms with van der Waals surface area (Å²) in [4.78, 5) is 42.8. The number of hydrogen-bond acceptors (Lipinski definition) is 4. The van der Waals surface area contributed by atoms with Crippen molar-refractivity contribution >= 4 is 28.9 Å². The lowest BCUT2D eigenvalue weighted by Crippen LogP contribution is -2.51. The summed E-state index contributed by atoms with van der Waals surface area (Å²) < 4.78 is 13.0. The second kappa shape index (κ2) is 9.31. The van der Waals surface area contributed by atoms with E-state index in [1.54, 1.807) is 33.3 Å². The molecule has 0 N–H and O–H groups in total. The van der Waals surface area contributed by atoms with E-state index in [2.05, 4.69) is 0 Å². The summed E-state index contributed by atoms with van der Waals surface area (Å²) in [6.45, 7) is 5.79. The maximum absolute atomic E-state index is 13.0. The highest BCUT2D eigenvalue weighted by molar-refractivity contribution is 7.12. The van der Waals surface area contributed by atoms with Crippen molar-refractivity contribution < 1.29 is 18.8 Å². The average molecular weight is 417 g/mol. The van der Waals surface area contributed by atoms with Crippen molar-refractivity contribution in [3.05, 3.63) is 57.0 Å². The smallest absolute Gasteiger partial charge is 0.227 e. The van der Waals surface area contributed by atoms with E-state index in [1.807, 2.05) is 19.9 Å². The molecule has 2 amide bonds. The fourth-order valence-corrected chi connectivity index (χ4v) is 4.46. The predicted octanol–water partition coefficient (Wildman–Crippen LogP) is 3.38. The summed E-state index contributed by atoms with van der Waals surface area (Å²) in [5.74, 6) is -0.389. The minimum absolute atomic E-state index is 0.00770. The molecule has 7 heteroatoms. The molecule has 0 atom stereocenters. The molecule has 1 aliphatic heterocycles. The number of halogens is 1. The van der Waals surface area contributed by atoms with Crippen LogP contribution >= 0.6 is 11.3 Å². The van der Waals surface area contributed by atoms with Crippen LogP contribution in [0.25, 0.3) is 0 Å². The van der Waals surface area contributed by atoms with E-state index in [9.17, 15) is 18.8 Å². The van der Waals surface area contributed by atoms with Crippen molar-refractivity contribution in [1.29, 1.82) is 0 Å². The average Bonchev–Trinajstić information content (AvgIpc) is 3.05. The van der Waals surface area contributed by atoms with Crippen LogP contribution in [0.5, 0.6) is 0 Å². The first-order chi connectivity index (χ1) is 13.8. The van der Waals surface area contributed by atoms with Crippen LogP contribution < -0.4 is 0 Å². The number of piperazine rings is 1. The van der Waals surface area contributed by atoms with Crippen molar-refractivity contribution in [2.24, 2.45) is 0 Å². The number of rotatable bonds is 6. The van der Waals surface area contributed by atoms with Crippen LogP contribution in [0.2, 0.25) is 0 Å². The van der Waals surface area contributed by atoms with Crippen LogP contribution in [0, 0.1) is 19.7 Å². The van der Waals surface area contributed by atoms with Crippen molar-refractivity contribution in [3.8, 4) is 0 Å². The molecule has 2 aromatic rings. The van der Waals surface area contributed by atoms with Crippen LogP contribution in [0.4, 0.5) is 4.39 Å². The zero-order valence-electron chi connectivity index (χ0n) is 16.7.